The minimum Gasteiger partial charge on any atom is -0.506 e. The lowest BCUT2D eigenvalue weighted by atomic mass is 10.1. The molecule has 0 saturated carbocycles. The second kappa shape index (κ2) is 9.15. The van der Waals surface area contributed by atoms with E-state index in [2.05, 4.69) is 15.1 Å². The predicted molar refractivity (Wildman–Crippen MR) is 114 cm³/mol. The first-order chi connectivity index (χ1) is 14.0. The number of nitrogens with two attached hydrogens (primary N) is 1. The number of anilines is 2. The van der Waals surface area contributed by atoms with Gasteiger partial charge in [-0.25, -0.2) is 4.79 Å². The molecule has 4 N–H and O–H groups in total. The number of thiophene rings is 1. The van der Waals surface area contributed by atoms with Gasteiger partial charge in [0.05, 0.1) is 22.7 Å². The molecule has 1 amide bonds. The Balaban J connectivity index is 1.78. The summed E-state index contributed by atoms with van der Waals surface area (Å²) in [5, 5.41) is 13.0. The molecule has 0 radical (unpaired) electrons. The molecular formula is C20H26N4O4S. The molecule has 156 valence electrons. The number of phenols is 1. The zero-order valence-electron chi connectivity index (χ0n) is 16.6. The quantitative estimate of drug-likeness (QED) is 0.615. The zero-order chi connectivity index (χ0) is 21.0. The smallest absolute Gasteiger partial charge is 0.341 e. The first kappa shape index (κ1) is 20.9. The Morgan fingerprint density at radius 2 is 1.93 bits per heavy atom. The molecule has 0 bridgehead atoms. The van der Waals surface area contributed by atoms with Gasteiger partial charge in [-0.05, 0) is 19.1 Å². The number of benzene rings is 1. The van der Waals surface area contributed by atoms with Gasteiger partial charge in [-0.2, -0.15) is 0 Å². The molecule has 1 saturated heterocycles. The molecule has 0 aliphatic carbocycles. The molecule has 2 aromatic rings. The van der Waals surface area contributed by atoms with Gasteiger partial charge in [0.1, 0.15) is 10.8 Å². The Bertz CT molecular complexity index is 891. The molecule has 0 atom stereocenters. The molecule has 9 heteroatoms. The minimum atomic E-state index is -0.501. The van der Waals surface area contributed by atoms with Crippen LogP contribution in [0.5, 0.6) is 5.75 Å². The van der Waals surface area contributed by atoms with Crippen LogP contribution in [0.25, 0.3) is 0 Å². The first-order valence-electron chi connectivity index (χ1n) is 9.51. The summed E-state index contributed by atoms with van der Waals surface area (Å²) in [5.41, 5.74) is 7.78. The number of phenolic OH excluding ortho intramolecular Hbond substituents is 1. The van der Waals surface area contributed by atoms with Crippen molar-refractivity contribution in [3.05, 3.63) is 40.3 Å². The van der Waals surface area contributed by atoms with Crippen LogP contribution in [-0.4, -0.2) is 61.7 Å². The van der Waals surface area contributed by atoms with Crippen LogP contribution < -0.4 is 16.0 Å². The Kier molecular flexibility index (Phi) is 6.60. The Morgan fingerprint density at radius 3 is 2.55 bits per heavy atom. The maximum atomic E-state index is 12.4. The van der Waals surface area contributed by atoms with Gasteiger partial charge < -0.3 is 25.8 Å². The third kappa shape index (κ3) is 4.46. The van der Waals surface area contributed by atoms with E-state index >= 15 is 0 Å². The standard InChI is InChI=1S/C20H26N4O4S/c1-3-28-20(27)16-13(17(19(26)22-2)29-18(16)21)12-23-8-10-24(11-9-23)14-6-4-5-7-15(14)25/h4-7,25H,3,8-12,21H2,1-2H3,(H,22,26). The molecule has 2 heterocycles. The normalized spacial score (nSPS) is 14.6. The third-order valence-electron chi connectivity index (χ3n) is 4.92. The number of hydrogen-bond donors (Lipinski definition) is 3. The number of para-hydroxylation sites is 2. The second-order valence-corrected chi connectivity index (χ2v) is 7.75. The summed E-state index contributed by atoms with van der Waals surface area (Å²) in [7, 11) is 1.55. The highest BCUT2D eigenvalue weighted by Gasteiger charge is 2.29. The van der Waals surface area contributed by atoms with Gasteiger partial charge in [0.25, 0.3) is 5.91 Å². The number of ether oxygens (including phenoxy) is 1. The number of nitrogen functional groups attached to an aromatic ring is 1. The molecule has 3 rings (SSSR count). The maximum absolute atomic E-state index is 12.4. The van der Waals surface area contributed by atoms with Crippen molar-refractivity contribution in [3.63, 3.8) is 0 Å². The first-order valence-corrected chi connectivity index (χ1v) is 10.3. The van der Waals surface area contributed by atoms with Gasteiger partial charge in [0.2, 0.25) is 0 Å². The zero-order valence-corrected chi connectivity index (χ0v) is 17.4. The third-order valence-corrected chi connectivity index (χ3v) is 5.98. The molecule has 1 aromatic carbocycles. The minimum absolute atomic E-state index is 0.238. The van der Waals surface area contributed by atoms with Crippen LogP contribution >= 0.6 is 11.3 Å². The van der Waals surface area contributed by atoms with Crippen molar-refractivity contribution in [1.82, 2.24) is 10.2 Å². The Labute approximate surface area is 173 Å². The van der Waals surface area contributed by atoms with Crippen LogP contribution in [0.4, 0.5) is 10.7 Å². The molecule has 0 spiro atoms. The van der Waals surface area contributed by atoms with Crippen LogP contribution in [0, 0.1) is 0 Å². The molecule has 0 unspecified atom stereocenters. The van der Waals surface area contributed by atoms with Crippen molar-refractivity contribution in [2.24, 2.45) is 0 Å². The van der Waals surface area contributed by atoms with E-state index in [0.717, 1.165) is 43.2 Å². The number of rotatable bonds is 6. The van der Waals surface area contributed by atoms with Crippen LogP contribution in [0.15, 0.2) is 24.3 Å². The average Bonchev–Trinajstić information content (AvgIpc) is 3.04. The number of hydrogen-bond acceptors (Lipinski definition) is 8. The Morgan fingerprint density at radius 1 is 1.24 bits per heavy atom. The highest BCUT2D eigenvalue weighted by Crippen LogP contribution is 2.34. The van der Waals surface area contributed by atoms with Crippen molar-refractivity contribution in [3.8, 4) is 5.75 Å². The molecule has 1 aliphatic heterocycles. The monoisotopic (exact) mass is 418 g/mol. The molecule has 1 aliphatic rings. The fraction of sp³-hybridized carbons (Fsp3) is 0.400. The van der Waals surface area contributed by atoms with E-state index in [1.165, 1.54) is 0 Å². The lowest BCUT2D eigenvalue weighted by molar-refractivity contribution is 0.0525. The number of carbonyl (C=O) groups is 2. The van der Waals surface area contributed by atoms with Gasteiger partial charge in [0.15, 0.2) is 0 Å². The molecule has 8 nitrogen and oxygen atoms in total. The Hall–Kier alpha value is -2.78. The molecule has 1 aromatic heterocycles. The van der Waals surface area contributed by atoms with Crippen molar-refractivity contribution in [2.75, 3.05) is 50.5 Å². The van der Waals surface area contributed by atoms with Gasteiger partial charge >= 0.3 is 5.97 Å². The number of aromatic hydroxyl groups is 1. The summed E-state index contributed by atoms with van der Waals surface area (Å²) in [4.78, 5) is 29.5. The van der Waals surface area contributed by atoms with Gasteiger partial charge in [-0.15, -0.1) is 11.3 Å². The van der Waals surface area contributed by atoms with Crippen molar-refractivity contribution < 1.29 is 19.4 Å². The van der Waals surface area contributed by atoms with E-state index in [0.29, 0.717) is 27.5 Å². The predicted octanol–water partition coefficient (Wildman–Crippen LogP) is 1.89. The van der Waals surface area contributed by atoms with E-state index in [-0.39, 0.29) is 18.3 Å². The summed E-state index contributed by atoms with van der Waals surface area (Å²) in [6, 6.07) is 7.27. The maximum Gasteiger partial charge on any atom is 0.341 e. The second-order valence-electron chi connectivity index (χ2n) is 6.70. The number of piperazine rings is 1. The highest BCUT2D eigenvalue weighted by atomic mass is 32.1. The van der Waals surface area contributed by atoms with Crippen molar-refractivity contribution in [1.29, 1.82) is 0 Å². The van der Waals surface area contributed by atoms with Crippen molar-refractivity contribution in [2.45, 2.75) is 13.5 Å². The van der Waals surface area contributed by atoms with Crippen LogP contribution in [0.3, 0.4) is 0 Å². The molecule has 29 heavy (non-hydrogen) atoms. The van der Waals surface area contributed by atoms with E-state index in [9.17, 15) is 14.7 Å². The topological polar surface area (TPSA) is 108 Å². The van der Waals surface area contributed by atoms with E-state index < -0.39 is 5.97 Å². The number of esters is 1. The van der Waals surface area contributed by atoms with Crippen molar-refractivity contribution >= 4 is 33.9 Å². The van der Waals surface area contributed by atoms with E-state index in [4.69, 9.17) is 10.5 Å². The highest BCUT2D eigenvalue weighted by molar-refractivity contribution is 7.18. The van der Waals surface area contributed by atoms with Gasteiger partial charge in [-0.3, -0.25) is 9.69 Å². The fourth-order valence-corrected chi connectivity index (χ4v) is 4.47. The molecule has 1 fully saturated rings. The average molecular weight is 419 g/mol. The van der Waals surface area contributed by atoms with E-state index in [1.54, 1.807) is 26.1 Å². The van der Waals surface area contributed by atoms with Crippen LogP contribution in [0.2, 0.25) is 0 Å². The summed E-state index contributed by atoms with van der Waals surface area (Å²) in [5.74, 6) is -0.502. The van der Waals surface area contributed by atoms with Crippen LogP contribution in [-0.2, 0) is 11.3 Å². The number of nitrogens with zero attached hydrogens (tertiary/aromatic N) is 2. The summed E-state index contributed by atoms with van der Waals surface area (Å²) >= 11 is 1.11. The summed E-state index contributed by atoms with van der Waals surface area (Å²) < 4.78 is 5.15. The van der Waals surface area contributed by atoms with Gasteiger partial charge in [0, 0.05) is 45.3 Å². The number of amides is 1. The molecular weight excluding hydrogens is 392 g/mol. The van der Waals surface area contributed by atoms with Gasteiger partial charge in [-0.1, -0.05) is 12.1 Å². The lowest BCUT2D eigenvalue weighted by Crippen LogP contribution is -2.46. The number of carbonyl (C=O) groups excluding carboxylic acids is 2. The summed E-state index contributed by atoms with van der Waals surface area (Å²) in [6.07, 6.45) is 0. The lowest BCUT2D eigenvalue weighted by Gasteiger charge is -2.36. The SMILES string of the molecule is CCOC(=O)c1c(N)sc(C(=O)NC)c1CN1CCN(c2ccccc2O)CC1. The van der Waals surface area contributed by atoms with Crippen LogP contribution in [0.1, 0.15) is 32.5 Å². The summed E-state index contributed by atoms with van der Waals surface area (Å²) in [6.45, 7) is 5.29. The van der Waals surface area contributed by atoms with E-state index in [1.807, 2.05) is 12.1 Å². The largest absolute Gasteiger partial charge is 0.506 e. The fourth-order valence-electron chi connectivity index (χ4n) is 3.46. The number of nitrogens with one attached hydrogen (secondary N) is 1.